The average molecular weight is 446 g/mol. The molecule has 1 aliphatic heterocycles. The number of hydrogen-bond donors (Lipinski definition) is 0. The number of imidazole rings is 1. The largest absolute Gasteiger partial charge is 0.328 e. The number of aryl methyl sites for hydroxylation is 2. The summed E-state index contributed by atoms with van der Waals surface area (Å²) in [5.74, 6) is 1.13. The topological polar surface area (TPSA) is 73.0 Å². The van der Waals surface area contributed by atoms with E-state index in [4.69, 9.17) is 0 Å². The summed E-state index contributed by atoms with van der Waals surface area (Å²) in [5.41, 5.74) is 2.09. The van der Waals surface area contributed by atoms with Gasteiger partial charge in [-0.15, -0.1) is 0 Å². The third kappa shape index (κ3) is 4.72. The minimum atomic E-state index is -3.50. The Balaban J connectivity index is 1.40. The molecule has 3 aromatic rings. The van der Waals surface area contributed by atoms with E-state index in [-0.39, 0.29) is 10.7 Å². The first-order valence-corrected chi connectivity index (χ1v) is 12.1. The van der Waals surface area contributed by atoms with E-state index in [9.17, 15) is 12.8 Å². The molecule has 31 heavy (non-hydrogen) atoms. The zero-order valence-corrected chi connectivity index (χ0v) is 18.7. The first kappa shape index (κ1) is 21.7. The molecule has 7 nitrogen and oxygen atoms in total. The van der Waals surface area contributed by atoms with Crippen LogP contribution in [0.1, 0.15) is 36.8 Å². The second kappa shape index (κ2) is 8.92. The molecule has 0 amide bonds. The van der Waals surface area contributed by atoms with Crippen LogP contribution in [0, 0.1) is 18.7 Å². The SMILES string of the molecule is CCn1cc(S(=O)(=O)N2CCC(Cc3ncc(C)n3Cc3ccc(F)cc3)CC2)cn1. The van der Waals surface area contributed by atoms with Crippen LogP contribution in [0.15, 0.2) is 47.8 Å². The zero-order valence-electron chi connectivity index (χ0n) is 17.9. The molecule has 9 heteroatoms. The van der Waals surface area contributed by atoms with Crippen LogP contribution in [0.3, 0.4) is 0 Å². The Kier molecular flexibility index (Phi) is 6.24. The maximum atomic E-state index is 13.2. The molecule has 1 fully saturated rings. The van der Waals surface area contributed by atoms with Crippen LogP contribution in [0.5, 0.6) is 0 Å². The summed E-state index contributed by atoms with van der Waals surface area (Å²) in [6.07, 6.45) is 7.28. The van der Waals surface area contributed by atoms with E-state index in [2.05, 4.69) is 14.6 Å². The van der Waals surface area contributed by atoms with Gasteiger partial charge in [-0.25, -0.2) is 17.8 Å². The summed E-state index contributed by atoms with van der Waals surface area (Å²) in [7, 11) is -3.50. The third-order valence-corrected chi connectivity index (χ3v) is 7.86. The Labute approximate surface area is 182 Å². The number of nitrogens with zero attached hydrogens (tertiary/aromatic N) is 5. The molecule has 0 bridgehead atoms. The van der Waals surface area contributed by atoms with Crippen molar-refractivity contribution in [2.45, 2.75) is 51.1 Å². The molecule has 0 unspecified atom stereocenters. The fraction of sp³-hybridized carbons (Fsp3) is 0.455. The second-order valence-corrected chi connectivity index (χ2v) is 10.0. The number of benzene rings is 1. The Morgan fingerprint density at radius 3 is 2.48 bits per heavy atom. The molecule has 0 atom stereocenters. The number of hydrogen-bond acceptors (Lipinski definition) is 4. The zero-order chi connectivity index (χ0) is 22.0. The molecule has 3 heterocycles. The minimum Gasteiger partial charge on any atom is -0.328 e. The lowest BCUT2D eigenvalue weighted by atomic mass is 9.94. The second-order valence-electron chi connectivity index (χ2n) is 8.11. The van der Waals surface area contributed by atoms with Gasteiger partial charge in [-0.05, 0) is 50.3 Å². The van der Waals surface area contributed by atoms with Gasteiger partial charge in [0.15, 0.2) is 0 Å². The number of halogens is 1. The number of sulfonamides is 1. The van der Waals surface area contributed by atoms with Gasteiger partial charge in [0.1, 0.15) is 16.5 Å². The number of piperidine rings is 1. The van der Waals surface area contributed by atoms with Crippen LogP contribution >= 0.6 is 0 Å². The molecule has 0 aliphatic carbocycles. The van der Waals surface area contributed by atoms with Crippen LogP contribution in [0.25, 0.3) is 0 Å². The van der Waals surface area contributed by atoms with Gasteiger partial charge >= 0.3 is 0 Å². The highest BCUT2D eigenvalue weighted by Gasteiger charge is 2.31. The lowest BCUT2D eigenvalue weighted by Crippen LogP contribution is -2.39. The lowest BCUT2D eigenvalue weighted by molar-refractivity contribution is 0.269. The summed E-state index contributed by atoms with van der Waals surface area (Å²) in [5, 5.41) is 4.10. The van der Waals surface area contributed by atoms with E-state index in [1.165, 1.54) is 18.3 Å². The number of rotatable bonds is 7. The summed E-state index contributed by atoms with van der Waals surface area (Å²) < 4.78 is 44.4. The smallest absolute Gasteiger partial charge is 0.246 e. The highest BCUT2D eigenvalue weighted by molar-refractivity contribution is 7.89. The molecule has 166 valence electrons. The molecule has 4 rings (SSSR count). The molecular formula is C22H28FN5O2S. The maximum Gasteiger partial charge on any atom is 0.246 e. The van der Waals surface area contributed by atoms with E-state index in [0.717, 1.165) is 36.3 Å². The molecular weight excluding hydrogens is 417 g/mol. The fourth-order valence-corrected chi connectivity index (χ4v) is 5.50. The Hall–Kier alpha value is -2.52. The van der Waals surface area contributed by atoms with Crippen LogP contribution in [0.2, 0.25) is 0 Å². The predicted octanol–water partition coefficient (Wildman–Crippen LogP) is 3.24. The molecule has 1 saturated heterocycles. The molecule has 2 aromatic heterocycles. The van der Waals surface area contributed by atoms with Crippen molar-refractivity contribution in [2.24, 2.45) is 5.92 Å². The first-order valence-electron chi connectivity index (χ1n) is 10.6. The highest BCUT2D eigenvalue weighted by Crippen LogP contribution is 2.26. The van der Waals surface area contributed by atoms with Crippen molar-refractivity contribution in [1.82, 2.24) is 23.6 Å². The minimum absolute atomic E-state index is 0.241. The van der Waals surface area contributed by atoms with Crippen molar-refractivity contribution in [3.63, 3.8) is 0 Å². The molecule has 1 aromatic carbocycles. The Morgan fingerprint density at radius 2 is 1.84 bits per heavy atom. The average Bonchev–Trinajstić information content (AvgIpc) is 3.39. The highest BCUT2D eigenvalue weighted by atomic mass is 32.2. The standard InChI is InChI=1S/C22H28FN5O2S/c1-3-26-16-21(14-25-26)31(29,30)27-10-8-18(9-11-27)12-22-24-13-17(2)28(22)15-19-4-6-20(23)7-5-19/h4-7,13-14,16,18H,3,8-12,15H2,1-2H3. The van der Waals surface area contributed by atoms with Crippen molar-refractivity contribution in [1.29, 1.82) is 0 Å². The first-order chi connectivity index (χ1) is 14.9. The van der Waals surface area contributed by atoms with Gasteiger partial charge in [-0.1, -0.05) is 12.1 Å². The predicted molar refractivity (Wildman–Crippen MR) is 116 cm³/mol. The molecule has 1 aliphatic rings. The van der Waals surface area contributed by atoms with Crippen LogP contribution in [-0.2, 0) is 29.5 Å². The van der Waals surface area contributed by atoms with Gasteiger partial charge in [0.05, 0.1) is 6.20 Å². The Morgan fingerprint density at radius 1 is 1.13 bits per heavy atom. The summed E-state index contributed by atoms with van der Waals surface area (Å²) in [6.45, 7) is 6.24. The van der Waals surface area contributed by atoms with E-state index in [1.807, 2.05) is 20.0 Å². The molecule has 0 N–H and O–H groups in total. The maximum absolute atomic E-state index is 13.2. The summed E-state index contributed by atoms with van der Waals surface area (Å²) in [6, 6.07) is 6.54. The normalized spacial score (nSPS) is 16.1. The van der Waals surface area contributed by atoms with Crippen molar-refractivity contribution >= 4 is 10.0 Å². The van der Waals surface area contributed by atoms with Crippen molar-refractivity contribution in [3.05, 3.63) is 65.8 Å². The quantitative estimate of drug-likeness (QED) is 0.560. The van der Waals surface area contributed by atoms with Crippen LogP contribution in [-0.4, -0.2) is 45.1 Å². The molecule has 0 saturated carbocycles. The van der Waals surface area contributed by atoms with Crippen LogP contribution in [0.4, 0.5) is 4.39 Å². The van der Waals surface area contributed by atoms with E-state index in [0.29, 0.717) is 32.1 Å². The lowest BCUT2D eigenvalue weighted by Gasteiger charge is -2.30. The van der Waals surface area contributed by atoms with E-state index < -0.39 is 10.0 Å². The van der Waals surface area contributed by atoms with Gasteiger partial charge in [0.25, 0.3) is 0 Å². The van der Waals surface area contributed by atoms with Crippen molar-refractivity contribution in [3.8, 4) is 0 Å². The molecule has 0 spiro atoms. The van der Waals surface area contributed by atoms with Crippen molar-refractivity contribution < 1.29 is 12.8 Å². The fourth-order valence-electron chi connectivity index (χ4n) is 4.07. The van der Waals surface area contributed by atoms with Gasteiger partial charge in [0, 0.05) is 50.7 Å². The third-order valence-electron chi connectivity index (χ3n) is 6.01. The van der Waals surface area contributed by atoms with E-state index in [1.54, 1.807) is 27.3 Å². The van der Waals surface area contributed by atoms with Gasteiger partial charge in [-0.3, -0.25) is 4.68 Å². The van der Waals surface area contributed by atoms with E-state index >= 15 is 0 Å². The van der Waals surface area contributed by atoms with Crippen molar-refractivity contribution in [2.75, 3.05) is 13.1 Å². The molecule has 0 radical (unpaired) electrons. The van der Waals surface area contributed by atoms with Gasteiger partial charge in [-0.2, -0.15) is 9.40 Å². The van der Waals surface area contributed by atoms with Gasteiger partial charge < -0.3 is 4.57 Å². The van der Waals surface area contributed by atoms with Crippen LogP contribution < -0.4 is 0 Å². The summed E-state index contributed by atoms with van der Waals surface area (Å²) in [4.78, 5) is 4.86. The van der Waals surface area contributed by atoms with Gasteiger partial charge in [0.2, 0.25) is 10.0 Å². The monoisotopic (exact) mass is 445 g/mol. The Bertz CT molecular complexity index is 1130. The number of aromatic nitrogens is 4. The summed E-state index contributed by atoms with van der Waals surface area (Å²) >= 11 is 0.